The standard InChI is InChI=1S/C11H11BrCl2O/c12-11(7-3-4-15-6-7)9-2-1-8(13)5-10(9)14/h1-2,5,7,11H,3-4,6H2. The molecule has 1 aromatic carbocycles. The Hall–Kier alpha value is 0.240. The van der Waals surface area contributed by atoms with Crippen molar-refractivity contribution in [3.8, 4) is 0 Å². The van der Waals surface area contributed by atoms with E-state index in [2.05, 4.69) is 15.9 Å². The first-order valence-corrected chi connectivity index (χ1v) is 6.52. The van der Waals surface area contributed by atoms with Crippen LogP contribution < -0.4 is 0 Å². The molecule has 2 unspecified atom stereocenters. The van der Waals surface area contributed by atoms with E-state index in [9.17, 15) is 0 Å². The number of benzene rings is 1. The molecule has 2 atom stereocenters. The maximum Gasteiger partial charge on any atom is 0.0509 e. The summed E-state index contributed by atoms with van der Waals surface area (Å²) in [6.45, 7) is 1.65. The lowest BCUT2D eigenvalue weighted by Crippen LogP contribution is -2.07. The molecule has 0 aliphatic carbocycles. The van der Waals surface area contributed by atoms with Gasteiger partial charge in [-0.05, 0) is 24.1 Å². The second kappa shape index (κ2) is 5.05. The van der Waals surface area contributed by atoms with Crippen LogP contribution in [0.3, 0.4) is 0 Å². The molecule has 1 fully saturated rings. The van der Waals surface area contributed by atoms with Gasteiger partial charge < -0.3 is 4.74 Å². The second-order valence-corrected chi connectivity index (χ2v) is 5.52. The van der Waals surface area contributed by atoms with Crippen molar-refractivity contribution in [2.24, 2.45) is 5.92 Å². The molecular weight excluding hydrogens is 299 g/mol. The molecule has 1 aromatic rings. The van der Waals surface area contributed by atoms with E-state index in [1.807, 2.05) is 12.1 Å². The van der Waals surface area contributed by atoms with E-state index in [-0.39, 0.29) is 4.83 Å². The summed E-state index contributed by atoms with van der Waals surface area (Å²) in [6, 6.07) is 5.62. The summed E-state index contributed by atoms with van der Waals surface area (Å²) in [7, 11) is 0. The highest BCUT2D eigenvalue weighted by molar-refractivity contribution is 9.09. The van der Waals surface area contributed by atoms with E-state index in [4.69, 9.17) is 27.9 Å². The Balaban J connectivity index is 2.20. The lowest BCUT2D eigenvalue weighted by molar-refractivity contribution is 0.185. The molecular formula is C11H11BrCl2O. The highest BCUT2D eigenvalue weighted by Crippen LogP contribution is 2.39. The van der Waals surface area contributed by atoms with E-state index >= 15 is 0 Å². The average molecular weight is 310 g/mol. The van der Waals surface area contributed by atoms with Crippen LogP contribution in [-0.4, -0.2) is 13.2 Å². The Morgan fingerprint density at radius 2 is 2.20 bits per heavy atom. The van der Waals surface area contributed by atoms with E-state index in [1.54, 1.807) is 6.07 Å². The van der Waals surface area contributed by atoms with Gasteiger partial charge in [0, 0.05) is 27.4 Å². The van der Waals surface area contributed by atoms with Crippen LogP contribution in [0.25, 0.3) is 0 Å². The molecule has 0 N–H and O–H groups in total. The van der Waals surface area contributed by atoms with Crippen molar-refractivity contribution in [2.75, 3.05) is 13.2 Å². The minimum absolute atomic E-state index is 0.254. The number of rotatable bonds is 2. The Bertz CT molecular complexity index is 350. The highest BCUT2D eigenvalue weighted by atomic mass is 79.9. The summed E-state index contributed by atoms with van der Waals surface area (Å²) in [5.41, 5.74) is 1.09. The van der Waals surface area contributed by atoms with Crippen LogP contribution in [0.1, 0.15) is 16.8 Å². The van der Waals surface area contributed by atoms with Gasteiger partial charge in [0.05, 0.1) is 6.61 Å². The molecule has 1 aliphatic rings. The monoisotopic (exact) mass is 308 g/mol. The van der Waals surface area contributed by atoms with Gasteiger partial charge >= 0.3 is 0 Å². The molecule has 1 aliphatic heterocycles. The summed E-state index contributed by atoms with van der Waals surface area (Å²) in [4.78, 5) is 0.254. The SMILES string of the molecule is Clc1ccc(C(Br)C2CCOC2)c(Cl)c1. The van der Waals surface area contributed by atoms with Crippen molar-refractivity contribution < 1.29 is 4.74 Å². The van der Waals surface area contributed by atoms with E-state index in [1.165, 1.54) is 0 Å². The van der Waals surface area contributed by atoms with Crippen LogP contribution in [0.4, 0.5) is 0 Å². The predicted molar refractivity (Wildman–Crippen MR) is 67.1 cm³/mol. The van der Waals surface area contributed by atoms with Gasteiger partial charge in [-0.25, -0.2) is 0 Å². The first kappa shape index (κ1) is 11.7. The summed E-state index contributed by atoms with van der Waals surface area (Å²) in [6.07, 6.45) is 1.08. The van der Waals surface area contributed by atoms with Crippen LogP contribution in [0, 0.1) is 5.92 Å². The van der Waals surface area contributed by atoms with Crippen LogP contribution in [0.2, 0.25) is 10.0 Å². The van der Waals surface area contributed by atoms with Gasteiger partial charge in [-0.3, -0.25) is 0 Å². The lowest BCUT2D eigenvalue weighted by Gasteiger charge is -2.17. The quantitative estimate of drug-likeness (QED) is 0.733. The molecule has 0 saturated carbocycles. The average Bonchev–Trinajstić information content (AvgIpc) is 2.69. The maximum absolute atomic E-state index is 6.15. The number of ether oxygens (including phenoxy) is 1. The minimum atomic E-state index is 0.254. The fraction of sp³-hybridized carbons (Fsp3) is 0.455. The fourth-order valence-corrected chi connectivity index (χ4v) is 3.24. The predicted octanol–water partition coefficient (Wildman–Crippen LogP) is 4.47. The normalized spacial score (nSPS) is 23.0. The summed E-state index contributed by atoms with van der Waals surface area (Å²) in [5.74, 6) is 0.503. The number of hydrogen-bond donors (Lipinski definition) is 0. The van der Waals surface area contributed by atoms with Crippen molar-refractivity contribution in [1.29, 1.82) is 0 Å². The molecule has 1 nitrogen and oxygen atoms in total. The molecule has 0 bridgehead atoms. The molecule has 82 valence electrons. The Morgan fingerprint density at radius 3 is 2.80 bits per heavy atom. The van der Waals surface area contributed by atoms with Gasteiger partial charge in [0.15, 0.2) is 0 Å². The number of halogens is 3. The van der Waals surface area contributed by atoms with Gasteiger partial charge in [-0.15, -0.1) is 0 Å². The second-order valence-electron chi connectivity index (χ2n) is 3.69. The number of hydrogen-bond acceptors (Lipinski definition) is 1. The summed E-state index contributed by atoms with van der Waals surface area (Å²) in [5, 5.41) is 1.39. The third-order valence-corrected chi connectivity index (χ3v) is 4.44. The zero-order valence-electron chi connectivity index (χ0n) is 8.05. The molecule has 0 radical (unpaired) electrons. The maximum atomic E-state index is 6.15. The summed E-state index contributed by atoms with van der Waals surface area (Å²) >= 11 is 15.7. The van der Waals surface area contributed by atoms with Gasteiger partial charge in [0.2, 0.25) is 0 Å². The Morgan fingerprint density at radius 1 is 1.40 bits per heavy atom. The smallest absolute Gasteiger partial charge is 0.0509 e. The third-order valence-electron chi connectivity index (χ3n) is 2.64. The van der Waals surface area contributed by atoms with Crippen molar-refractivity contribution in [3.05, 3.63) is 33.8 Å². The van der Waals surface area contributed by atoms with E-state index in [0.29, 0.717) is 10.9 Å². The van der Waals surface area contributed by atoms with Gasteiger partial charge in [0.1, 0.15) is 0 Å². The molecule has 0 amide bonds. The molecule has 0 aromatic heterocycles. The number of alkyl halides is 1. The van der Waals surface area contributed by atoms with Gasteiger partial charge in [-0.1, -0.05) is 45.2 Å². The summed E-state index contributed by atoms with van der Waals surface area (Å²) < 4.78 is 5.36. The zero-order chi connectivity index (χ0) is 10.8. The van der Waals surface area contributed by atoms with Gasteiger partial charge in [-0.2, -0.15) is 0 Å². The van der Waals surface area contributed by atoms with Crippen molar-refractivity contribution in [2.45, 2.75) is 11.2 Å². The van der Waals surface area contributed by atoms with Crippen LogP contribution >= 0.6 is 39.1 Å². The molecule has 1 heterocycles. The first-order valence-electron chi connectivity index (χ1n) is 4.85. The van der Waals surface area contributed by atoms with Crippen LogP contribution in [-0.2, 0) is 4.74 Å². The first-order chi connectivity index (χ1) is 7.18. The topological polar surface area (TPSA) is 9.23 Å². The molecule has 1 saturated heterocycles. The molecule has 2 rings (SSSR count). The molecule has 4 heteroatoms. The molecule has 0 spiro atoms. The Labute approximate surface area is 108 Å². The van der Waals surface area contributed by atoms with Crippen molar-refractivity contribution in [3.63, 3.8) is 0 Å². The van der Waals surface area contributed by atoms with Crippen LogP contribution in [0.15, 0.2) is 18.2 Å². The lowest BCUT2D eigenvalue weighted by atomic mass is 9.98. The fourth-order valence-electron chi connectivity index (χ4n) is 1.76. The van der Waals surface area contributed by atoms with Crippen molar-refractivity contribution >= 4 is 39.1 Å². The highest BCUT2D eigenvalue weighted by Gasteiger charge is 2.26. The molecule has 15 heavy (non-hydrogen) atoms. The van der Waals surface area contributed by atoms with Crippen LogP contribution in [0.5, 0.6) is 0 Å². The minimum Gasteiger partial charge on any atom is -0.381 e. The zero-order valence-corrected chi connectivity index (χ0v) is 11.1. The largest absolute Gasteiger partial charge is 0.381 e. The van der Waals surface area contributed by atoms with Crippen molar-refractivity contribution in [1.82, 2.24) is 0 Å². The van der Waals surface area contributed by atoms with Gasteiger partial charge in [0.25, 0.3) is 0 Å². The van der Waals surface area contributed by atoms with E-state index < -0.39 is 0 Å². The Kier molecular flexibility index (Phi) is 3.94. The third kappa shape index (κ3) is 2.68. The van der Waals surface area contributed by atoms with E-state index in [0.717, 1.165) is 30.2 Å².